The Kier molecular flexibility index (Phi) is 6.15. The van der Waals surface area contributed by atoms with E-state index in [2.05, 4.69) is 0 Å². The van der Waals surface area contributed by atoms with Crippen LogP contribution in [-0.2, 0) is 14.3 Å². The summed E-state index contributed by atoms with van der Waals surface area (Å²) in [4.78, 5) is 52.1. The Morgan fingerprint density at radius 3 is 2.48 bits per heavy atom. The summed E-state index contributed by atoms with van der Waals surface area (Å²) in [6.07, 6.45) is 0.539. The van der Waals surface area contributed by atoms with Crippen molar-refractivity contribution in [2.24, 2.45) is 0 Å². The maximum atomic E-state index is 12.6. The van der Waals surface area contributed by atoms with Gasteiger partial charge in [-0.1, -0.05) is 12.1 Å². The summed E-state index contributed by atoms with van der Waals surface area (Å²) in [5.41, 5.74) is 0.813. The highest BCUT2D eigenvalue weighted by Gasteiger charge is 2.36. The lowest BCUT2D eigenvalue weighted by atomic mass is 10.1. The van der Waals surface area contributed by atoms with Gasteiger partial charge in [0.15, 0.2) is 0 Å². The predicted octanol–water partition coefficient (Wildman–Crippen LogP) is 1.57. The molecule has 0 bridgehead atoms. The van der Waals surface area contributed by atoms with E-state index in [4.69, 9.17) is 4.74 Å². The number of hydrogen-bond acceptors (Lipinski definition) is 6. The van der Waals surface area contributed by atoms with Crippen molar-refractivity contribution in [1.82, 2.24) is 9.80 Å². The summed E-state index contributed by atoms with van der Waals surface area (Å²) >= 11 is 1.62. The van der Waals surface area contributed by atoms with Crippen LogP contribution in [0.2, 0.25) is 0 Å². The number of hydrogen-bond donors (Lipinski definition) is 0. The number of rotatable bonds is 6. The van der Waals surface area contributed by atoms with Crippen LogP contribution >= 0.6 is 11.8 Å². The van der Waals surface area contributed by atoms with E-state index < -0.39 is 6.04 Å². The summed E-state index contributed by atoms with van der Waals surface area (Å²) in [7, 11) is 0. The molecule has 0 spiro atoms. The highest BCUT2D eigenvalue weighted by atomic mass is 32.2. The van der Waals surface area contributed by atoms with Gasteiger partial charge in [-0.2, -0.15) is 11.8 Å². The standard InChI is InChI=1S/C19H22N2O5S/c1-2-26-19(25)15-12-27-11-10-20(15)16(22)8-5-9-21-17(23)13-6-3-4-7-14(13)18(21)24/h3-4,6-7,15H,2,5,8-12H2,1H3. The van der Waals surface area contributed by atoms with Crippen molar-refractivity contribution in [1.29, 1.82) is 0 Å². The molecule has 0 aromatic heterocycles. The van der Waals surface area contributed by atoms with Crippen LogP contribution in [0.25, 0.3) is 0 Å². The van der Waals surface area contributed by atoms with Crippen LogP contribution in [0.1, 0.15) is 40.5 Å². The zero-order valence-electron chi connectivity index (χ0n) is 15.2. The average Bonchev–Trinajstić information content (AvgIpc) is 2.93. The molecule has 7 nitrogen and oxygen atoms in total. The molecule has 0 N–H and O–H groups in total. The van der Waals surface area contributed by atoms with Crippen LogP contribution in [0, 0.1) is 0 Å². The van der Waals surface area contributed by atoms with E-state index in [0.29, 0.717) is 29.8 Å². The molecule has 144 valence electrons. The number of ether oxygens (including phenoxy) is 1. The Morgan fingerprint density at radius 2 is 1.85 bits per heavy atom. The number of nitrogens with zero attached hydrogens (tertiary/aromatic N) is 2. The second-order valence-electron chi connectivity index (χ2n) is 6.34. The zero-order chi connectivity index (χ0) is 19.4. The Morgan fingerprint density at radius 1 is 1.19 bits per heavy atom. The SMILES string of the molecule is CCOC(=O)C1CSCCN1C(=O)CCCN1C(=O)c2ccccc2C1=O. The van der Waals surface area contributed by atoms with Crippen LogP contribution in [0.15, 0.2) is 24.3 Å². The van der Waals surface area contributed by atoms with E-state index in [0.717, 1.165) is 5.75 Å². The molecule has 2 heterocycles. The third-order valence-electron chi connectivity index (χ3n) is 4.66. The van der Waals surface area contributed by atoms with Gasteiger partial charge in [0.25, 0.3) is 11.8 Å². The Labute approximate surface area is 162 Å². The number of benzene rings is 1. The first-order chi connectivity index (χ1) is 13.0. The van der Waals surface area contributed by atoms with Gasteiger partial charge in [-0.25, -0.2) is 4.79 Å². The van der Waals surface area contributed by atoms with Gasteiger partial charge >= 0.3 is 5.97 Å². The Hall–Kier alpha value is -2.35. The van der Waals surface area contributed by atoms with E-state index in [1.54, 1.807) is 47.9 Å². The van der Waals surface area contributed by atoms with Gasteiger partial charge in [0.2, 0.25) is 5.91 Å². The lowest BCUT2D eigenvalue weighted by Gasteiger charge is -2.33. The van der Waals surface area contributed by atoms with Crippen molar-refractivity contribution < 1.29 is 23.9 Å². The lowest BCUT2D eigenvalue weighted by Crippen LogP contribution is -2.51. The van der Waals surface area contributed by atoms with Gasteiger partial charge in [0.1, 0.15) is 6.04 Å². The molecule has 27 heavy (non-hydrogen) atoms. The molecule has 0 aliphatic carbocycles. The third kappa shape index (κ3) is 4.00. The molecule has 1 saturated heterocycles. The smallest absolute Gasteiger partial charge is 0.329 e. The summed E-state index contributed by atoms with van der Waals surface area (Å²) in [6.45, 7) is 2.70. The molecule has 0 radical (unpaired) electrons. The number of carbonyl (C=O) groups is 4. The molecular formula is C19H22N2O5S. The summed E-state index contributed by atoms with van der Waals surface area (Å²) in [5, 5.41) is 0. The van der Waals surface area contributed by atoms with Crippen molar-refractivity contribution in [3.05, 3.63) is 35.4 Å². The molecular weight excluding hydrogens is 368 g/mol. The van der Waals surface area contributed by atoms with Gasteiger partial charge < -0.3 is 9.64 Å². The summed E-state index contributed by atoms with van der Waals surface area (Å²) in [5.74, 6) is 0.148. The van der Waals surface area contributed by atoms with Gasteiger partial charge in [-0.3, -0.25) is 19.3 Å². The third-order valence-corrected chi connectivity index (χ3v) is 5.68. The second-order valence-corrected chi connectivity index (χ2v) is 7.49. The number of thioether (sulfide) groups is 1. The van der Waals surface area contributed by atoms with E-state index in [9.17, 15) is 19.2 Å². The zero-order valence-corrected chi connectivity index (χ0v) is 16.0. The molecule has 1 atom stereocenters. The molecule has 1 unspecified atom stereocenters. The minimum atomic E-state index is -0.560. The van der Waals surface area contributed by atoms with Gasteiger partial charge in [-0.05, 0) is 25.5 Å². The van der Waals surface area contributed by atoms with Crippen LogP contribution in [-0.4, -0.2) is 70.7 Å². The Bertz CT molecular complexity index is 731. The van der Waals surface area contributed by atoms with Crippen LogP contribution < -0.4 is 0 Å². The minimum absolute atomic E-state index is 0.148. The average molecular weight is 390 g/mol. The first-order valence-electron chi connectivity index (χ1n) is 9.03. The fraction of sp³-hybridized carbons (Fsp3) is 0.474. The van der Waals surface area contributed by atoms with Crippen molar-refractivity contribution in [2.45, 2.75) is 25.8 Å². The van der Waals surface area contributed by atoms with Crippen LogP contribution in [0.5, 0.6) is 0 Å². The maximum Gasteiger partial charge on any atom is 0.329 e. The largest absolute Gasteiger partial charge is 0.464 e. The monoisotopic (exact) mass is 390 g/mol. The number of esters is 1. The highest BCUT2D eigenvalue weighted by molar-refractivity contribution is 7.99. The van der Waals surface area contributed by atoms with Gasteiger partial charge in [-0.15, -0.1) is 0 Å². The van der Waals surface area contributed by atoms with Crippen molar-refractivity contribution in [3.63, 3.8) is 0 Å². The maximum absolute atomic E-state index is 12.6. The first kappa shape index (κ1) is 19.4. The summed E-state index contributed by atoms with van der Waals surface area (Å²) in [6, 6.07) is 6.16. The minimum Gasteiger partial charge on any atom is -0.464 e. The van der Waals surface area contributed by atoms with Crippen LogP contribution in [0.4, 0.5) is 0 Å². The molecule has 1 fully saturated rings. The van der Waals surface area contributed by atoms with Crippen molar-refractivity contribution in [3.8, 4) is 0 Å². The molecule has 0 saturated carbocycles. The Balaban J connectivity index is 1.56. The normalized spacial score (nSPS) is 19.2. The van der Waals surface area contributed by atoms with Gasteiger partial charge in [0.05, 0.1) is 17.7 Å². The molecule has 3 rings (SSSR count). The molecule has 3 amide bonds. The number of fused-ring (bicyclic) bond motifs is 1. The predicted molar refractivity (Wildman–Crippen MR) is 101 cm³/mol. The van der Waals surface area contributed by atoms with Gasteiger partial charge in [0, 0.05) is 31.0 Å². The van der Waals surface area contributed by atoms with E-state index in [1.165, 1.54) is 4.90 Å². The number of carbonyl (C=O) groups excluding carboxylic acids is 4. The fourth-order valence-corrected chi connectivity index (χ4v) is 4.34. The van der Waals surface area contributed by atoms with E-state index in [1.807, 2.05) is 0 Å². The second kappa shape index (κ2) is 8.56. The van der Waals surface area contributed by atoms with Crippen molar-refractivity contribution >= 4 is 35.5 Å². The highest BCUT2D eigenvalue weighted by Crippen LogP contribution is 2.23. The quantitative estimate of drug-likeness (QED) is 0.542. The van der Waals surface area contributed by atoms with E-state index in [-0.39, 0.29) is 43.3 Å². The van der Waals surface area contributed by atoms with Crippen LogP contribution in [0.3, 0.4) is 0 Å². The molecule has 2 aliphatic heterocycles. The number of amides is 3. The number of imide groups is 1. The summed E-state index contributed by atoms with van der Waals surface area (Å²) < 4.78 is 5.07. The lowest BCUT2D eigenvalue weighted by molar-refractivity contribution is -0.153. The topological polar surface area (TPSA) is 84.0 Å². The fourth-order valence-electron chi connectivity index (χ4n) is 3.31. The molecule has 2 aliphatic rings. The molecule has 1 aromatic rings. The first-order valence-corrected chi connectivity index (χ1v) is 10.2. The molecule has 8 heteroatoms. The molecule has 1 aromatic carbocycles. The van der Waals surface area contributed by atoms with E-state index >= 15 is 0 Å². The van der Waals surface area contributed by atoms with Crippen molar-refractivity contribution in [2.75, 3.05) is 31.2 Å².